The van der Waals surface area contributed by atoms with Crippen molar-refractivity contribution in [2.75, 3.05) is 18.0 Å². The summed E-state index contributed by atoms with van der Waals surface area (Å²) < 4.78 is 2.04. The number of hydrogen-bond acceptors (Lipinski definition) is 3. The van der Waals surface area contributed by atoms with Crippen molar-refractivity contribution in [2.45, 2.75) is 53.8 Å². The minimum atomic E-state index is 0.157. The molecule has 1 aromatic heterocycles. The lowest BCUT2D eigenvalue weighted by Crippen LogP contribution is -2.55. The van der Waals surface area contributed by atoms with Gasteiger partial charge in [-0.25, -0.2) is 0 Å². The van der Waals surface area contributed by atoms with E-state index < -0.39 is 0 Å². The zero-order valence-corrected chi connectivity index (χ0v) is 15.9. The number of aromatic nitrogens is 2. The largest absolute Gasteiger partial charge is 0.307 e. The van der Waals surface area contributed by atoms with E-state index in [1.807, 2.05) is 27.8 Å². The van der Waals surface area contributed by atoms with Crippen molar-refractivity contribution in [3.63, 3.8) is 0 Å². The fourth-order valence-electron chi connectivity index (χ4n) is 3.85. The first-order valence-electron chi connectivity index (χ1n) is 9.05. The lowest BCUT2D eigenvalue weighted by atomic mass is 10.1. The highest BCUT2D eigenvalue weighted by atomic mass is 16.2. The summed E-state index contributed by atoms with van der Waals surface area (Å²) >= 11 is 0. The maximum absolute atomic E-state index is 12.9. The number of anilines is 1. The van der Waals surface area contributed by atoms with E-state index in [0.29, 0.717) is 6.54 Å². The Balaban J connectivity index is 1.78. The second-order valence-corrected chi connectivity index (χ2v) is 7.03. The molecule has 134 valence electrons. The summed E-state index contributed by atoms with van der Waals surface area (Å²) in [6.07, 6.45) is 0. The molecule has 1 aliphatic rings. The lowest BCUT2D eigenvalue weighted by Gasteiger charge is -2.40. The number of nitrogens with zero attached hydrogens (tertiary/aromatic N) is 4. The minimum Gasteiger partial charge on any atom is -0.307 e. The third-order valence-corrected chi connectivity index (χ3v) is 5.18. The van der Waals surface area contributed by atoms with E-state index in [2.05, 4.69) is 50.7 Å². The zero-order chi connectivity index (χ0) is 18.1. The van der Waals surface area contributed by atoms with Crippen molar-refractivity contribution in [1.82, 2.24) is 14.7 Å². The predicted octanol–water partition coefficient (Wildman–Crippen LogP) is 3.07. The Morgan fingerprint density at radius 3 is 2.52 bits per heavy atom. The molecule has 3 rings (SSSR count). The summed E-state index contributed by atoms with van der Waals surface area (Å²) in [5.74, 6) is 0.172. The average Bonchev–Trinajstić information content (AvgIpc) is 2.83. The number of rotatable bonds is 4. The number of carbonyl (C=O) groups excluding carboxylic acids is 1. The first-order valence-corrected chi connectivity index (χ1v) is 9.05. The predicted molar refractivity (Wildman–Crippen MR) is 101 cm³/mol. The molecule has 5 nitrogen and oxygen atoms in total. The van der Waals surface area contributed by atoms with Crippen LogP contribution >= 0.6 is 0 Å². The molecule has 25 heavy (non-hydrogen) atoms. The highest BCUT2D eigenvalue weighted by molar-refractivity contribution is 5.96. The number of piperazine rings is 1. The Morgan fingerprint density at radius 2 is 1.92 bits per heavy atom. The van der Waals surface area contributed by atoms with Crippen molar-refractivity contribution in [1.29, 1.82) is 0 Å². The van der Waals surface area contributed by atoms with Crippen molar-refractivity contribution in [3.8, 4) is 0 Å². The van der Waals surface area contributed by atoms with E-state index in [1.165, 1.54) is 11.3 Å². The third kappa shape index (κ3) is 3.33. The number of hydrogen-bond donors (Lipinski definition) is 0. The number of carbonyl (C=O) groups is 1. The quantitative estimate of drug-likeness (QED) is 0.859. The van der Waals surface area contributed by atoms with Crippen LogP contribution in [-0.2, 0) is 17.9 Å². The van der Waals surface area contributed by atoms with E-state index in [9.17, 15) is 4.79 Å². The normalized spacial score (nSPS) is 18.8. The molecule has 2 aromatic rings. The molecule has 1 aromatic carbocycles. The maximum atomic E-state index is 12.9. The van der Waals surface area contributed by atoms with Crippen LogP contribution < -0.4 is 4.90 Å². The highest BCUT2D eigenvalue weighted by Crippen LogP contribution is 2.26. The Bertz CT molecular complexity index is 780. The van der Waals surface area contributed by atoms with Crippen LogP contribution in [0.3, 0.4) is 0 Å². The summed E-state index contributed by atoms with van der Waals surface area (Å²) in [7, 11) is 0. The van der Waals surface area contributed by atoms with Gasteiger partial charge in [0, 0.05) is 42.6 Å². The summed E-state index contributed by atoms with van der Waals surface area (Å²) in [6.45, 7) is 13.5. The molecule has 0 aliphatic carbocycles. The molecule has 0 saturated carbocycles. The van der Waals surface area contributed by atoms with E-state index in [0.717, 1.165) is 36.6 Å². The van der Waals surface area contributed by atoms with Gasteiger partial charge in [-0.3, -0.25) is 14.4 Å². The van der Waals surface area contributed by atoms with Crippen LogP contribution in [0.5, 0.6) is 0 Å². The molecule has 1 amide bonds. The van der Waals surface area contributed by atoms with Gasteiger partial charge in [0.2, 0.25) is 5.91 Å². The van der Waals surface area contributed by atoms with E-state index in [-0.39, 0.29) is 11.9 Å². The van der Waals surface area contributed by atoms with Gasteiger partial charge in [0.05, 0.1) is 12.2 Å². The molecule has 1 aliphatic heterocycles. The van der Waals surface area contributed by atoms with Crippen LogP contribution in [0.2, 0.25) is 0 Å². The van der Waals surface area contributed by atoms with Crippen molar-refractivity contribution in [3.05, 3.63) is 46.8 Å². The molecule has 0 unspecified atom stereocenters. The Labute approximate surface area is 150 Å². The molecule has 1 atom stereocenters. The molecule has 1 fully saturated rings. The van der Waals surface area contributed by atoms with E-state index >= 15 is 0 Å². The zero-order valence-electron chi connectivity index (χ0n) is 15.9. The number of benzene rings is 1. The van der Waals surface area contributed by atoms with Gasteiger partial charge in [-0.05, 0) is 46.2 Å². The number of para-hydroxylation sites is 1. The molecule has 1 saturated heterocycles. The topological polar surface area (TPSA) is 41.4 Å². The SMILES string of the molecule is CCn1nc(C)c(CN2CC(=O)N(c3ccccc3C)[C@@H](C)C2)c1C. The van der Waals surface area contributed by atoms with Gasteiger partial charge in [-0.1, -0.05) is 18.2 Å². The second kappa shape index (κ2) is 7.00. The van der Waals surface area contributed by atoms with Crippen LogP contribution in [0.1, 0.15) is 36.4 Å². The van der Waals surface area contributed by atoms with Crippen LogP contribution in [-0.4, -0.2) is 39.7 Å². The molecular weight excluding hydrogens is 312 g/mol. The third-order valence-electron chi connectivity index (χ3n) is 5.18. The Hall–Kier alpha value is -2.14. The summed E-state index contributed by atoms with van der Waals surface area (Å²) in [6, 6.07) is 8.28. The van der Waals surface area contributed by atoms with Gasteiger partial charge in [-0.15, -0.1) is 0 Å². The number of amides is 1. The van der Waals surface area contributed by atoms with Crippen LogP contribution in [0, 0.1) is 20.8 Å². The van der Waals surface area contributed by atoms with Crippen molar-refractivity contribution in [2.24, 2.45) is 0 Å². The highest BCUT2D eigenvalue weighted by Gasteiger charge is 2.32. The first-order chi connectivity index (χ1) is 11.9. The van der Waals surface area contributed by atoms with Gasteiger partial charge >= 0.3 is 0 Å². The standard InChI is InChI=1S/C20H28N4O/c1-6-23-17(5)18(16(4)21-23)12-22-11-15(3)24(20(25)13-22)19-10-8-7-9-14(19)2/h7-10,15H,6,11-13H2,1-5H3/t15-/m0/s1. The molecule has 2 heterocycles. The first kappa shape index (κ1) is 17.7. The summed E-state index contributed by atoms with van der Waals surface area (Å²) in [5, 5.41) is 4.60. The Morgan fingerprint density at radius 1 is 1.20 bits per heavy atom. The Kier molecular flexibility index (Phi) is 4.95. The monoisotopic (exact) mass is 340 g/mol. The van der Waals surface area contributed by atoms with E-state index in [4.69, 9.17) is 0 Å². The lowest BCUT2D eigenvalue weighted by molar-refractivity contribution is -0.122. The average molecular weight is 340 g/mol. The fourth-order valence-corrected chi connectivity index (χ4v) is 3.85. The second-order valence-electron chi connectivity index (χ2n) is 7.03. The van der Waals surface area contributed by atoms with E-state index in [1.54, 1.807) is 0 Å². The van der Waals surface area contributed by atoms with Crippen LogP contribution in [0.15, 0.2) is 24.3 Å². The smallest absolute Gasteiger partial charge is 0.241 e. The van der Waals surface area contributed by atoms with Crippen molar-refractivity contribution >= 4 is 11.6 Å². The maximum Gasteiger partial charge on any atom is 0.241 e. The molecule has 0 N–H and O–H groups in total. The van der Waals surface area contributed by atoms with Gasteiger partial charge in [0.15, 0.2) is 0 Å². The molecule has 0 radical (unpaired) electrons. The fraction of sp³-hybridized carbons (Fsp3) is 0.500. The summed E-state index contributed by atoms with van der Waals surface area (Å²) in [5.41, 5.74) is 5.71. The number of aryl methyl sites for hydroxylation is 3. The van der Waals surface area contributed by atoms with Gasteiger partial charge in [0.25, 0.3) is 0 Å². The van der Waals surface area contributed by atoms with Crippen LogP contribution in [0.25, 0.3) is 0 Å². The summed E-state index contributed by atoms with van der Waals surface area (Å²) in [4.78, 5) is 17.1. The molecule has 0 bridgehead atoms. The molecule has 5 heteroatoms. The van der Waals surface area contributed by atoms with Gasteiger partial charge in [-0.2, -0.15) is 5.10 Å². The molecular formula is C20H28N4O. The van der Waals surface area contributed by atoms with Gasteiger partial charge in [0.1, 0.15) is 0 Å². The minimum absolute atomic E-state index is 0.157. The van der Waals surface area contributed by atoms with Crippen LogP contribution in [0.4, 0.5) is 5.69 Å². The molecule has 0 spiro atoms. The van der Waals surface area contributed by atoms with Crippen molar-refractivity contribution < 1.29 is 4.79 Å². The van der Waals surface area contributed by atoms with Gasteiger partial charge < -0.3 is 4.90 Å².